The molecule has 1 N–H and O–H groups in total. The van der Waals surface area contributed by atoms with Gasteiger partial charge in [-0.3, -0.25) is 14.5 Å². The average Bonchev–Trinajstić information content (AvgIpc) is 2.63. The quantitative estimate of drug-likeness (QED) is 0.893. The second-order valence-corrected chi connectivity index (χ2v) is 6.18. The third-order valence-electron chi connectivity index (χ3n) is 4.07. The van der Waals surface area contributed by atoms with Crippen molar-refractivity contribution in [2.45, 2.75) is 26.0 Å². The molecule has 1 atom stereocenters. The molecule has 1 unspecified atom stereocenters. The molecule has 0 fully saturated rings. The maximum Gasteiger partial charge on any atom is 0.268 e. The van der Waals surface area contributed by atoms with E-state index in [4.69, 9.17) is 16.3 Å². The molecule has 0 aliphatic carbocycles. The predicted molar refractivity (Wildman–Crippen MR) is 96.8 cm³/mol. The van der Waals surface area contributed by atoms with Gasteiger partial charge < -0.3 is 10.1 Å². The molecule has 0 saturated heterocycles. The van der Waals surface area contributed by atoms with E-state index in [1.165, 1.54) is 4.90 Å². The van der Waals surface area contributed by atoms with Crippen LogP contribution < -0.4 is 15.0 Å². The Labute approximate surface area is 151 Å². The van der Waals surface area contributed by atoms with Crippen LogP contribution in [0.25, 0.3) is 0 Å². The van der Waals surface area contributed by atoms with Gasteiger partial charge in [-0.05, 0) is 30.2 Å². The van der Waals surface area contributed by atoms with Crippen LogP contribution in [0.1, 0.15) is 18.9 Å². The Kier molecular flexibility index (Phi) is 5.24. The van der Waals surface area contributed by atoms with Crippen LogP contribution in [0.15, 0.2) is 48.5 Å². The Morgan fingerprint density at radius 2 is 1.92 bits per heavy atom. The number of hydrogen-bond donors (Lipinski definition) is 1. The van der Waals surface area contributed by atoms with Gasteiger partial charge in [0.25, 0.3) is 5.91 Å². The fourth-order valence-corrected chi connectivity index (χ4v) is 2.93. The van der Waals surface area contributed by atoms with E-state index in [0.29, 0.717) is 29.4 Å². The van der Waals surface area contributed by atoms with Crippen LogP contribution in [0.2, 0.25) is 5.02 Å². The molecule has 3 rings (SSSR count). The number of rotatable bonds is 5. The van der Waals surface area contributed by atoms with Crippen LogP contribution in [0.5, 0.6) is 5.75 Å². The number of carbonyl (C=O) groups is 2. The molecular weight excluding hydrogens is 340 g/mol. The summed E-state index contributed by atoms with van der Waals surface area (Å²) in [5.41, 5.74) is 1.45. The third kappa shape index (κ3) is 3.77. The molecule has 2 amide bonds. The molecule has 2 aromatic carbocycles. The maximum absolute atomic E-state index is 12.6. The summed E-state index contributed by atoms with van der Waals surface area (Å²) in [6, 6.07) is 14.6. The van der Waals surface area contributed by atoms with Crippen LogP contribution in [-0.4, -0.2) is 24.5 Å². The largest absolute Gasteiger partial charge is 0.478 e. The summed E-state index contributed by atoms with van der Waals surface area (Å²) < 4.78 is 5.71. The topological polar surface area (TPSA) is 58.6 Å². The van der Waals surface area contributed by atoms with Crippen LogP contribution in [0, 0.1) is 0 Å². The summed E-state index contributed by atoms with van der Waals surface area (Å²) in [6.45, 7) is 2.14. The Balaban J connectivity index is 1.71. The second kappa shape index (κ2) is 7.57. The number of fused-ring (bicyclic) bond motifs is 1. The van der Waals surface area contributed by atoms with Gasteiger partial charge in [-0.2, -0.15) is 0 Å². The molecular formula is C19H19ClN2O3. The van der Waals surface area contributed by atoms with Gasteiger partial charge in [-0.15, -0.1) is 0 Å². The molecule has 1 aliphatic rings. The number of nitrogens with zero attached hydrogens (tertiary/aromatic N) is 1. The van der Waals surface area contributed by atoms with Gasteiger partial charge in [0, 0.05) is 11.6 Å². The molecule has 6 heteroatoms. The highest BCUT2D eigenvalue weighted by atomic mass is 35.5. The van der Waals surface area contributed by atoms with Crippen LogP contribution in [0.4, 0.5) is 5.69 Å². The molecule has 5 nitrogen and oxygen atoms in total. The van der Waals surface area contributed by atoms with Crippen molar-refractivity contribution >= 4 is 29.1 Å². The first kappa shape index (κ1) is 17.3. The van der Waals surface area contributed by atoms with Crippen molar-refractivity contribution < 1.29 is 14.3 Å². The van der Waals surface area contributed by atoms with E-state index in [1.54, 1.807) is 18.2 Å². The number of anilines is 1. The van der Waals surface area contributed by atoms with Crippen molar-refractivity contribution in [1.82, 2.24) is 5.32 Å². The number of para-hydroxylation sites is 2. The number of carbonyl (C=O) groups excluding carboxylic acids is 2. The standard InChI is InChI=1S/C19H19ClN2O3/c1-2-16-19(24)22(15-9-5-6-10-17(15)25-16)12-18(23)21-11-13-7-3-4-8-14(13)20/h3-10,16H,2,11-12H2,1H3,(H,21,23). The van der Waals surface area contributed by atoms with Gasteiger partial charge in [0.15, 0.2) is 6.10 Å². The lowest BCUT2D eigenvalue weighted by Crippen LogP contribution is -2.49. The number of ether oxygens (including phenoxy) is 1. The normalized spacial score (nSPS) is 16.2. The summed E-state index contributed by atoms with van der Waals surface area (Å²) in [7, 11) is 0. The summed E-state index contributed by atoms with van der Waals surface area (Å²) in [5, 5.41) is 3.41. The Morgan fingerprint density at radius 3 is 2.68 bits per heavy atom. The SMILES string of the molecule is CCC1Oc2ccccc2N(CC(=O)NCc2ccccc2Cl)C1=O. The lowest BCUT2D eigenvalue weighted by Gasteiger charge is -2.33. The molecule has 130 valence electrons. The fraction of sp³-hybridized carbons (Fsp3) is 0.263. The van der Waals surface area contributed by atoms with Crippen molar-refractivity contribution in [3.63, 3.8) is 0 Å². The first-order valence-electron chi connectivity index (χ1n) is 8.17. The minimum absolute atomic E-state index is 0.0554. The van der Waals surface area contributed by atoms with Crippen molar-refractivity contribution in [3.8, 4) is 5.75 Å². The summed E-state index contributed by atoms with van der Waals surface area (Å²) in [6.07, 6.45) is -0.0171. The lowest BCUT2D eigenvalue weighted by atomic mass is 10.1. The molecule has 0 saturated carbocycles. The van der Waals surface area contributed by atoms with E-state index in [1.807, 2.05) is 37.3 Å². The second-order valence-electron chi connectivity index (χ2n) is 5.77. The summed E-state index contributed by atoms with van der Waals surface area (Å²) in [5.74, 6) is 0.168. The van der Waals surface area contributed by atoms with E-state index in [0.717, 1.165) is 5.56 Å². The molecule has 25 heavy (non-hydrogen) atoms. The zero-order valence-electron chi connectivity index (χ0n) is 13.9. The number of hydrogen-bond acceptors (Lipinski definition) is 3. The summed E-state index contributed by atoms with van der Waals surface area (Å²) in [4.78, 5) is 26.4. The summed E-state index contributed by atoms with van der Waals surface area (Å²) >= 11 is 6.10. The number of nitrogens with one attached hydrogen (secondary N) is 1. The molecule has 0 bridgehead atoms. The minimum atomic E-state index is -0.564. The zero-order chi connectivity index (χ0) is 17.8. The van der Waals surface area contributed by atoms with Gasteiger partial charge in [0.1, 0.15) is 12.3 Å². The average molecular weight is 359 g/mol. The first-order valence-corrected chi connectivity index (χ1v) is 8.55. The maximum atomic E-state index is 12.6. The van der Waals surface area contributed by atoms with E-state index in [9.17, 15) is 9.59 Å². The van der Waals surface area contributed by atoms with E-state index < -0.39 is 6.10 Å². The highest BCUT2D eigenvalue weighted by Gasteiger charge is 2.34. The fourth-order valence-electron chi connectivity index (χ4n) is 2.73. The monoisotopic (exact) mass is 358 g/mol. The van der Waals surface area contributed by atoms with Gasteiger partial charge in [0.05, 0.1) is 5.69 Å². The molecule has 2 aromatic rings. The van der Waals surface area contributed by atoms with E-state index in [-0.39, 0.29) is 18.4 Å². The lowest BCUT2D eigenvalue weighted by molar-refractivity contribution is -0.129. The van der Waals surface area contributed by atoms with Crippen molar-refractivity contribution in [2.24, 2.45) is 0 Å². The highest BCUT2D eigenvalue weighted by molar-refractivity contribution is 6.31. The Hall–Kier alpha value is -2.53. The molecule has 0 spiro atoms. The van der Waals surface area contributed by atoms with Gasteiger partial charge >= 0.3 is 0 Å². The van der Waals surface area contributed by atoms with Crippen LogP contribution in [-0.2, 0) is 16.1 Å². The Bertz CT molecular complexity index is 794. The molecule has 1 aliphatic heterocycles. The van der Waals surface area contributed by atoms with Crippen LogP contribution in [0.3, 0.4) is 0 Å². The van der Waals surface area contributed by atoms with E-state index >= 15 is 0 Å². The van der Waals surface area contributed by atoms with Crippen molar-refractivity contribution in [3.05, 3.63) is 59.1 Å². The Morgan fingerprint density at radius 1 is 1.20 bits per heavy atom. The number of amides is 2. The van der Waals surface area contributed by atoms with Crippen molar-refractivity contribution in [2.75, 3.05) is 11.4 Å². The smallest absolute Gasteiger partial charge is 0.268 e. The third-order valence-corrected chi connectivity index (χ3v) is 4.44. The molecule has 0 aromatic heterocycles. The zero-order valence-corrected chi connectivity index (χ0v) is 14.6. The predicted octanol–water partition coefficient (Wildman–Crippen LogP) is 3.16. The van der Waals surface area contributed by atoms with Gasteiger partial charge in [-0.1, -0.05) is 48.9 Å². The molecule has 0 radical (unpaired) electrons. The minimum Gasteiger partial charge on any atom is -0.478 e. The van der Waals surface area contributed by atoms with Crippen molar-refractivity contribution in [1.29, 1.82) is 0 Å². The van der Waals surface area contributed by atoms with Crippen LogP contribution >= 0.6 is 11.6 Å². The van der Waals surface area contributed by atoms with E-state index in [2.05, 4.69) is 5.32 Å². The molecule has 1 heterocycles. The van der Waals surface area contributed by atoms with Gasteiger partial charge in [-0.25, -0.2) is 0 Å². The highest BCUT2D eigenvalue weighted by Crippen LogP contribution is 2.34. The number of halogens is 1. The first-order chi connectivity index (χ1) is 12.1. The number of benzene rings is 2. The van der Waals surface area contributed by atoms with Gasteiger partial charge in [0.2, 0.25) is 5.91 Å².